The highest BCUT2D eigenvalue weighted by Crippen LogP contribution is 2.34. The van der Waals surface area contributed by atoms with Crippen LogP contribution >= 0.6 is 27.7 Å². The smallest absolute Gasteiger partial charge is 0.123 e. The van der Waals surface area contributed by atoms with Crippen LogP contribution in [0.15, 0.2) is 56.7 Å². The minimum atomic E-state index is -0.205. The molecular formula is C15H15BrFNS. The molecule has 0 aliphatic rings. The van der Waals surface area contributed by atoms with E-state index in [1.165, 1.54) is 22.6 Å². The van der Waals surface area contributed by atoms with Gasteiger partial charge in [-0.05, 0) is 62.0 Å². The first-order valence-corrected chi connectivity index (χ1v) is 7.61. The van der Waals surface area contributed by atoms with Gasteiger partial charge in [0.15, 0.2) is 0 Å². The van der Waals surface area contributed by atoms with Crippen molar-refractivity contribution in [3.8, 4) is 0 Å². The number of hydrogen-bond donors (Lipinski definition) is 1. The van der Waals surface area contributed by atoms with E-state index in [1.54, 1.807) is 23.9 Å². The van der Waals surface area contributed by atoms with Gasteiger partial charge < -0.3 is 5.32 Å². The van der Waals surface area contributed by atoms with Crippen LogP contribution in [0.1, 0.15) is 18.5 Å². The van der Waals surface area contributed by atoms with Crippen LogP contribution in [0.4, 0.5) is 4.39 Å². The van der Waals surface area contributed by atoms with Crippen LogP contribution in [0, 0.1) is 5.82 Å². The Bertz CT molecular complexity index is 557. The highest BCUT2D eigenvalue weighted by Gasteiger charge is 2.10. The number of nitrogens with one attached hydrogen (secondary N) is 1. The van der Waals surface area contributed by atoms with Gasteiger partial charge in [-0.3, -0.25) is 0 Å². The van der Waals surface area contributed by atoms with Crippen LogP contribution in [0.2, 0.25) is 0 Å². The van der Waals surface area contributed by atoms with Gasteiger partial charge >= 0.3 is 0 Å². The molecule has 0 saturated heterocycles. The van der Waals surface area contributed by atoms with E-state index in [1.807, 2.05) is 13.1 Å². The molecule has 0 aliphatic carbocycles. The molecule has 2 aromatic rings. The van der Waals surface area contributed by atoms with Crippen molar-refractivity contribution in [1.82, 2.24) is 5.32 Å². The van der Waals surface area contributed by atoms with Gasteiger partial charge in [-0.15, -0.1) is 0 Å². The van der Waals surface area contributed by atoms with Gasteiger partial charge in [0.1, 0.15) is 5.82 Å². The minimum absolute atomic E-state index is 0.205. The van der Waals surface area contributed by atoms with E-state index in [9.17, 15) is 4.39 Å². The molecule has 1 unspecified atom stereocenters. The lowest BCUT2D eigenvalue weighted by Gasteiger charge is -2.16. The van der Waals surface area contributed by atoms with Crippen LogP contribution in [0.5, 0.6) is 0 Å². The largest absolute Gasteiger partial charge is 0.313 e. The van der Waals surface area contributed by atoms with Crippen molar-refractivity contribution in [2.45, 2.75) is 22.8 Å². The molecule has 2 aromatic carbocycles. The maximum absolute atomic E-state index is 12.9. The Morgan fingerprint density at radius 2 is 1.84 bits per heavy atom. The monoisotopic (exact) mass is 339 g/mol. The molecule has 0 heterocycles. The molecule has 4 heteroatoms. The molecule has 2 rings (SSSR count). The fraction of sp³-hybridized carbons (Fsp3) is 0.200. The second-order valence-electron chi connectivity index (χ2n) is 4.25. The molecule has 0 bridgehead atoms. The molecule has 19 heavy (non-hydrogen) atoms. The van der Waals surface area contributed by atoms with Crippen LogP contribution in [-0.2, 0) is 0 Å². The normalized spacial score (nSPS) is 12.4. The van der Waals surface area contributed by atoms with Crippen molar-refractivity contribution in [3.05, 3.63) is 58.3 Å². The van der Waals surface area contributed by atoms with Gasteiger partial charge in [-0.2, -0.15) is 0 Å². The molecule has 0 amide bonds. The summed E-state index contributed by atoms with van der Waals surface area (Å²) in [6, 6.07) is 13.1. The molecular weight excluding hydrogens is 325 g/mol. The summed E-state index contributed by atoms with van der Waals surface area (Å²) >= 11 is 5.15. The fourth-order valence-corrected chi connectivity index (χ4v) is 3.13. The third-order valence-corrected chi connectivity index (χ3v) is 4.51. The molecule has 0 aliphatic heterocycles. The highest BCUT2D eigenvalue weighted by atomic mass is 79.9. The van der Waals surface area contributed by atoms with Crippen molar-refractivity contribution in [1.29, 1.82) is 0 Å². The summed E-state index contributed by atoms with van der Waals surface area (Å²) in [4.78, 5) is 2.21. The summed E-state index contributed by atoms with van der Waals surface area (Å²) in [5.74, 6) is -0.205. The second-order valence-corrected chi connectivity index (χ2v) is 6.28. The summed E-state index contributed by atoms with van der Waals surface area (Å²) in [6.07, 6.45) is 0. The van der Waals surface area contributed by atoms with E-state index in [4.69, 9.17) is 0 Å². The summed E-state index contributed by atoms with van der Waals surface area (Å²) in [7, 11) is 1.94. The van der Waals surface area contributed by atoms with Crippen LogP contribution in [0.3, 0.4) is 0 Å². The zero-order chi connectivity index (χ0) is 13.8. The van der Waals surface area contributed by atoms with Gasteiger partial charge in [0.05, 0.1) is 0 Å². The molecule has 100 valence electrons. The van der Waals surface area contributed by atoms with E-state index in [0.29, 0.717) is 0 Å². The van der Waals surface area contributed by atoms with Crippen LogP contribution in [0.25, 0.3) is 0 Å². The Labute approximate surface area is 125 Å². The van der Waals surface area contributed by atoms with E-state index < -0.39 is 0 Å². The van der Waals surface area contributed by atoms with Gasteiger partial charge in [0.25, 0.3) is 0 Å². The predicted molar refractivity (Wildman–Crippen MR) is 82.1 cm³/mol. The average Bonchev–Trinajstić information content (AvgIpc) is 2.42. The Kier molecular flexibility index (Phi) is 5.02. The quantitative estimate of drug-likeness (QED) is 0.839. The maximum atomic E-state index is 12.9. The predicted octanol–water partition coefficient (Wildman–Crippen LogP) is 5.02. The molecule has 0 aromatic heterocycles. The topological polar surface area (TPSA) is 12.0 Å². The molecule has 0 saturated carbocycles. The Morgan fingerprint density at radius 3 is 2.47 bits per heavy atom. The minimum Gasteiger partial charge on any atom is -0.313 e. The van der Waals surface area contributed by atoms with Crippen molar-refractivity contribution in [2.75, 3.05) is 7.05 Å². The van der Waals surface area contributed by atoms with Crippen molar-refractivity contribution < 1.29 is 4.39 Å². The number of hydrogen-bond acceptors (Lipinski definition) is 2. The van der Waals surface area contributed by atoms with Crippen LogP contribution in [-0.4, -0.2) is 7.05 Å². The Balaban J connectivity index is 2.31. The standard InChI is InChI=1S/C15H15BrFNS/c1-10(18-2)14-9-11(16)3-8-15(14)19-13-6-4-12(17)5-7-13/h3-10,18H,1-2H3. The van der Waals surface area contributed by atoms with Gasteiger partial charge in [-0.1, -0.05) is 27.7 Å². The van der Waals surface area contributed by atoms with Gasteiger partial charge in [0, 0.05) is 20.3 Å². The third kappa shape index (κ3) is 3.81. The SMILES string of the molecule is CNC(C)c1cc(Br)ccc1Sc1ccc(F)cc1. The number of benzene rings is 2. The van der Waals surface area contributed by atoms with E-state index in [2.05, 4.69) is 40.3 Å². The average molecular weight is 340 g/mol. The summed E-state index contributed by atoms with van der Waals surface area (Å²) in [5.41, 5.74) is 1.23. The highest BCUT2D eigenvalue weighted by molar-refractivity contribution is 9.10. The molecule has 1 nitrogen and oxygen atoms in total. The maximum Gasteiger partial charge on any atom is 0.123 e. The zero-order valence-electron chi connectivity index (χ0n) is 10.8. The molecule has 0 spiro atoms. The fourth-order valence-electron chi connectivity index (χ4n) is 1.74. The summed E-state index contributed by atoms with van der Waals surface area (Å²) in [6.45, 7) is 2.12. The Hall–Kier alpha value is -0.840. The second kappa shape index (κ2) is 6.55. The van der Waals surface area contributed by atoms with Crippen molar-refractivity contribution >= 4 is 27.7 Å². The van der Waals surface area contributed by atoms with Gasteiger partial charge in [0.2, 0.25) is 0 Å². The Morgan fingerprint density at radius 1 is 1.16 bits per heavy atom. The van der Waals surface area contributed by atoms with Crippen molar-refractivity contribution in [2.24, 2.45) is 0 Å². The molecule has 1 atom stereocenters. The zero-order valence-corrected chi connectivity index (χ0v) is 13.2. The number of rotatable bonds is 4. The van der Waals surface area contributed by atoms with Crippen LogP contribution < -0.4 is 5.32 Å². The molecule has 0 fully saturated rings. The van der Waals surface area contributed by atoms with E-state index in [-0.39, 0.29) is 11.9 Å². The van der Waals surface area contributed by atoms with E-state index in [0.717, 1.165) is 9.37 Å². The molecule has 1 N–H and O–H groups in total. The summed E-state index contributed by atoms with van der Waals surface area (Å²) < 4.78 is 14.0. The first kappa shape index (κ1) is 14.6. The van der Waals surface area contributed by atoms with Crippen molar-refractivity contribution in [3.63, 3.8) is 0 Å². The number of halogens is 2. The van der Waals surface area contributed by atoms with Gasteiger partial charge in [-0.25, -0.2) is 4.39 Å². The lowest BCUT2D eigenvalue weighted by molar-refractivity contribution is 0.626. The first-order valence-electron chi connectivity index (χ1n) is 6.00. The first-order chi connectivity index (χ1) is 9.10. The third-order valence-electron chi connectivity index (χ3n) is 2.91. The molecule has 0 radical (unpaired) electrons. The summed E-state index contributed by atoms with van der Waals surface area (Å²) in [5, 5.41) is 3.25. The lowest BCUT2D eigenvalue weighted by Crippen LogP contribution is -2.13. The lowest BCUT2D eigenvalue weighted by atomic mass is 10.1. The van der Waals surface area contributed by atoms with E-state index >= 15 is 0 Å².